The predicted molar refractivity (Wildman–Crippen MR) is 71.5 cm³/mol. The summed E-state index contributed by atoms with van der Waals surface area (Å²) >= 11 is 11.4. The van der Waals surface area contributed by atoms with E-state index < -0.39 is 0 Å². The Labute approximate surface area is 112 Å². The summed E-state index contributed by atoms with van der Waals surface area (Å²) < 4.78 is 0. The molecule has 1 aromatic rings. The molecule has 0 atom stereocenters. The molecule has 0 aliphatic carbocycles. The number of rotatable bonds is 5. The van der Waals surface area contributed by atoms with Gasteiger partial charge in [-0.1, -0.05) is 27.7 Å². The molecule has 0 fully saturated rings. The van der Waals surface area contributed by atoms with E-state index in [4.69, 9.17) is 23.2 Å². The summed E-state index contributed by atoms with van der Waals surface area (Å²) in [5.41, 5.74) is 0. The molecular formula is C11H18Cl2N4. The van der Waals surface area contributed by atoms with Crippen LogP contribution in [0.15, 0.2) is 0 Å². The first-order chi connectivity index (χ1) is 7.90. The number of hydrogen-bond acceptors (Lipinski definition) is 4. The molecule has 1 N–H and O–H groups in total. The number of aromatic nitrogens is 3. The van der Waals surface area contributed by atoms with Crippen LogP contribution in [0.3, 0.4) is 0 Å². The van der Waals surface area contributed by atoms with Gasteiger partial charge < -0.3 is 5.32 Å². The van der Waals surface area contributed by atoms with Crippen molar-refractivity contribution in [1.82, 2.24) is 15.0 Å². The standard InChI is InChI=1S/C11H18Cl2N4/c1-6(2)8(7(3)4)5-14-11-16-9(12)15-10(13)17-11/h6-8H,5H2,1-4H3,(H,14,15,16,17). The molecule has 6 heteroatoms. The second-order valence-corrected chi connectivity index (χ2v) is 5.41. The number of nitrogens with zero attached hydrogens (tertiary/aromatic N) is 3. The second-order valence-electron chi connectivity index (χ2n) is 4.73. The normalized spacial score (nSPS) is 11.6. The summed E-state index contributed by atoms with van der Waals surface area (Å²) in [6, 6.07) is 0. The molecule has 17 heavy (non-hydrogen) atoms. The van der Waals surface area contributed by atoms with E-state index in [9.17, 15) is 0 Å². The minimum absolute atomic E-state index is 0.109. The zero-order valence-electron chi connectivity index (χ0n) is 10.5. The first kappa shape index (κ1) is 14.5. The zero-order chi connectivity index (χ0) is 13.0. The third kappa shape index (κ3) is 4.64. The Hall–Kier alpha value is -0.610. The van der Waals surface area contributed by atoms with Crippen LogP contribution in [0.25, 0.3) is 0 Å². The van der Waals surface area contributed by atoms with Crippen molar-refractivity contribution < 1.29 is 0 Å². The fourth-order valence-electron chi connectivity index (χ4n) is 1.86. The largest absolute Gasteiger partial charge is 0.354 e. The van der Waals surface area contributed by atoms with Gasteiger partial charge in [-0.2, -0.15) is 15.0 Å². The highest BCUT2D eigenvalue weighted by molar-refractivity contribution is 6.31. The Bertz CT molecular complexity index is 340. The third-order valence-corrected chi connectivity index (χ3v) is 3.13. The molecule has 0 spiro atoms. The van der Waals surface area contributed by atoms with Gasteiger partial charge in [-0.25, -0.2) is 0 Å². The summed E-state index contributed by atoms with van der Waals surface area (Å²) in [6.45, 7) is 9.63. The summed E-state index contributed by atoms with van der Waals surface area (Å²) in [5, 5.41) is 3.38. The van der Waals surface area contributed by atoms with Crippen molar-refractivity contribution >= 4 is 29.2 Å². The molecule has 0 aliphatic rings. The molecule has 0 saturated carbocycles. The average molecular weight is 277 g/mol. The molecule has 0 radical (unpaired) electrons. The van der Waals surface area contributed by atoms with Crippen molar-refractivity contribution in [3.63, 3.8) is 0 Å². The second kappa shape index (κ2) is 6.36. The summed E-state index contributed by atoms with van der Waals surface area (Å²) in [5.74, 6) is 2.16. The number of nitrogens with one attached hydrogen (secondary N) is 1. The van der Waals surface area contributed by atoms with Gasteiger partial charge in [0.2, 0.25) is 16.5 Å². The van der Waals surface area contributed by atoms with Crippen LogP contribution in [-0.2, 0) is 0 Å². The fourth-order valence-corrected chi connectivity index (χ4v) is 2.22. The molecule has 1 aromatic heterocycles. The first-order valence-corrected chi connectivity index (χ1v) is 6.46. The van der Waals surface area contributed by atoms with Gasteiger partial charge >= 0.3 is 0 Å². The molecule has 0 bridgehead atoms. The molecule has 4 nitrogen and oxygen atoms in total. The predicted octanol–water partition coefficient (Wildman–Crippen LogP) is 3.52. The molecule has 0 aliphatic heterocycles. The van der Waals surface area contributed by atoms with E-state index in [1.807, 2.05) is 0 Å². The fraction of sp³-hybridized carbons (Fsp3) is 0.727. The number of halogens is 2. The molecule has 0 amide bonds. The van der Waals surface area contributed by atoms with Crippen LogP contribution < -0.4 is 5.32 Å². The van der Waals surface area contributed by atoms with Gasteiger partial charge in [0, 0.05) is 6.54 Å². The topological polar surface area (TPSA) is 50.7 Å². The maximum atomic E-state index is 5.70. The lowest BCUT2D eigenvalue weighted by atomic mass is 9.85. The van der Waals surface area contributed by atoms with Crippen molar-refractivity contribution in [3.8, 4) is 0 Å². The van der Waals surface area contributed by atoms with Crippen molar-refractivity contribution in [1.29, 1.82) is 0 Å². The minimum atomic E-state index is 0.109. The van der Waals surface area contributed by atoms with E-state index in [0.717, 1.165) is 6.54 Å². The van der Waals surface area contributed by atoms with Gasteiger partial charge in [-0.05, 0) is 41.0 Å². The lowest BCUT2D eigenvalue weighted by molar-refractivity contribution is 0.304. The molecular weight excluding hydrogens is 259 g/mol. The zero-order valence-corrected chi connectivity index (χ0v) is 12.0. The molecule has 1 rings (SSSR count). The highest BCUT2D eigenvalue weighted by atomic mass is 35.5. The Balaban J connectivity index is 2.65. The van der Waals surface area contributed by atoms with E-state index in [1.54, 1.807) is 0 Å². The van der Waals surface area contributed by atoms with Crippen LogP contribution in [0.4, 0.5) is 5.95 Å². The Morgan fingerprint density at radius 2 is 1.41 bits per heavy atom. The highest BCUT2D eigenvalue weighted by Gasteiger charge is 2.17. The van der Waals surface area contributed by atoms with E-state index in [1.165, 1.54) is 0 Å². The summed E-state index contributed by atoms with van der Waals surface area (Å²) in [7, 11) is 0. The maximum absolute atomic E-state index is 5.70. The molecule has 0 saturated heterocycles. The van der Waals surface area contributed by atoms with Gasteiger partial charge in [0.05, 0.1) is 0 Å². The van der Waals surface area contributed by atoms with Crippen molar-refractivity contribution in [2.45, 2.75) is 27.7 Å². The molecule has 1 heterocycles. The van der Waals surface area contributed by atoms with E-state index >= 15 is 0 Å². The van der Waals surface area contributed by atoms with Crippen molar-refractivity contribution in [2.24, 2.45) is 17.8 Å². The molecule has 0 unspecified atom stereocenters. The van der Waals surface area contributed by atoms with E-state index in [2.05, 4.69) is 48.0 Å². The van der Waals surface area contributed by atoms with Crippen LogP contribution in [0, 0.1) is 17.8 Å². The monoisotopic (exact) mass is 276 g/mol. The molecule has 96 valence electrons. The van der Waals surface area contributed by atoms with Gasteiger partial charge in [0.15, 0.2) is 0 Å². The van der Waals surface area contributed by atoms with Crippen LogP contribution in [0.5, 0.6) is 0 Å². The third-order valence-electron chi connectivity index (χ3n) is 2.79. The van der Waals surface area contributed by atoms with Gasteiger partial charge in [-0.3, -0.25) is 0 Å². The first-order valence-electron chi connectivity index (χ1n) is 5.71. The minimum Gasteiger partial charge on any atom is -0.354 e. The SMILES string of the molecule is CC(C)C(CNc1nc(Cl)nc(Cl)n1)C(C)C. The maximum Gasteiger partial charge on any atom is 0.228 e. The molecule has 0 aromatic carbocycles. The average Bonchev–Trinajstić information content (AvgIpc) is 2.14. The lowest BCUT2D eigenvalue weighted by Crippen LogP contribution is -2.25. The van der Waals surface area contributed by atoms with Crippen molar-refractivity contribution in [2.75, 3.05) is 11.9 Å². The number of hydrogen-bond donors (Lipinski definition) is 1. The van der Waals surface area contributed by atoms with Crippen LogP contribution in [0.2, 0.25) is 10.6 Å². The van der Waals surface area contributed by atoms with Gasteiger partial charge in [-0.15, -0.1) is 0 Å². The van der Waals surface area contributed by atoms with E-state index in [-0.39, 0.29) is 10.6 Å². The summed E-state index contributed by atoms with van der Waals surface area (Å²) in [4.78, 5) is 11.6. The van der Waals surface area contributed by atoms with Gasteiger partial charge in [0.1, 0.15) is 0 Å². The van der Waals surface area contributed by atoms with Crippen LogP contribution in [0.1, 0.15) is 27.7 Å². The van der Waals surface area contributed by atoms with Crippen molar-refractivity contribution in [3.05, 3.63) is 10.6 Å². The van der Waals surface area contributed by atoms with E-state index in [0.29, 0.717) is 23.7 Å². The van der Waals surface area contributed by atoms with Crippen LogP contribution in [-0.4, -0.2) is 21.5 Å². The quantitative estimate of drug-likeness (QED) is 0.894. The Morgan fingerprint density at radius 3 is 1.82 bits per heavy atom. The number of anilines is 1. The van der Waals surface area contributed by atoms with Crippen LogP contribution >= 0.6 is 23.2 Å². The Morgan fingerprint density at radius 1 is 0.941 bits per heavy atom. The Kier molecular flexibility index (Phi) is 5.40. The summed E-state index contributed by atoms with van der Waals surface area (Å²) in [6.07, 6.45) is 0. The smallest absolute Gasteiger partial charge is 0.228 e. The lowest BCUT2D eigenvalue weighted by Gasteiger charge is -2.24. The highest BCUT2D eigenvalue weighted by Crippen LogP contribution is 2.21. The van der Waals surface area contributed by atoms with Gasteiger partial charge in [0.25, 0.3) is 0 Å².